The number of halogens is 2. The van der Waals surface area contributed by atoms with Gasteiger partial charge in [0.05, 0.1) is 7.11 Å². The molecule has 0 bridgehead atoms. The Labute approximate surface area is 123 Å². The van der Waals surface area contributed by atoms with E-state index in [0.717, 1.165) is 11.3 Å². The van der Waals surface area contributed by atoms with E-state index < -0.39 is 11.6 Å². The van der Waals surface area contributed by atoms with Gasteiger partial charge in [-0.25, -0.2) is 8.78 Å². The first-order chi connectivity index (χ1) is 10.1. The second-order valence-corrected chi connectivity index (χ2v) is 4.98. The van der Waals surface area contributed by atoms with Crippen LogP contribution in [0.5, 0.6) is 5.75 Å². The smallest absolute Gasteiger partial charge is 0.128 e. The minimum atomic E-state index is -0.400. The van der Waals surface area contributed by atoms with Crippen LogP contribution in [-0.2, 0) is 6.42 Å². The first-order valence-corrected chi connectivity index (χ1v) is 6.81. The van der Waals surface area contributed by atoms with Gasteiger partial charge >= 0.3 is 0 Å². The second-order valence-electron chi connectivity index (χ2n) is 4.98. The molecule has 0 radical (unpaired) electrons. The SMILES string of the molecule is CNC(Cc1ccccc1OC)c1cc(F)c(C)cc1F. The quantitative estimate of drug-likeness (QED) is 0.905. The fourth-order valence-electron chi connectivity index (χ4n) is 2.39. The topological polar surface area (TPSA) is 21.3 Å². The van der Waals surface area contributed by atoms with Crippen LogP contribution >= 0.6 is 0 Å². The van der Waals surface area contributed by atoms with E-state index in [2.05, 4.69) is 5.32 Å². The van der Waals surface area contributed by atoms with E-state index in [-0.39, 0.29) is 6.04 Å². The van der Waals surface area contributed by atoms with E-state index in [1.807, 2.05) is 24.3 Å². The third-order valence-electron chi connectivity index (χ3n) is 3.62. The third kappa shape index (κ3) is 3.39. The zero-order valence-corrected chi connectivity index (χ0v) is 12.4. The maximum atomic E-state index is 14.1. The number of ether oxygens (including phenoxy) is 1. The highest BCUT2D eigenvalue weighted by Crippen LogP contribution is 2.27. The van der Waals surface area contributed by atoms with Crippen LogP contribution in [0, 0.1) is 18.6 Å². The average molecular weight is 291 g/mol. The van der Waals surface area contributed by atoms with Crippen molar-refractivity contribution in [3.63, 3.8) is 0 Å². The zero-order valence-electron chi connectivity index (χ0n) is 12.4. The van der Waals surface area contributed by atoms with Crippen molar-refractivity contribution in [2.45, 2.75) is 19.4 Å². The number of aryl methyl sites for hydroxylation is 1. The Morgan fingerprint density at radius 1 is 1.14 bits per heavy atom. The summed E-state index contributed by atoms with van der Waals surface area (Å²) in [6.07, 6.45) is 0.514. The van der Waals surface area contributed by atoms with Crippen molar-refractivity contribution in [2.24, 2.45) is 0 Å². The Hall–Kier alpha value is -1.94. The van der Waals surface area contributed by atoms with E-state index in [0.29, 0.717) is 17.5 Å². The molecule has 21 heavy (non-hydrogen) atoms. The Balaban J connectivity index is 2.34. The highest BCUT2D eigenvalue weighted by molar-refractivity contribution is 5.36. The molecule has 0 aliphatic rings. The molecule has 2 rings (SSSR count). The van der Waals surface area contributed by atoms with Crippen LogP contribution in [0.4, 0.5) is 8.78 Å². The molecule has 4 heteroatoms. The first kappa shape index (κ1) is 15.4. The molecule has 0 spiro atoms. The largest absolute Gasteiger partial charge is 0.496 e. The summed E-state index contributed by atoms with van der Waals surface area (Å²) in [5.74, 6) is -0.0550. The minimum Gasteiger partial charge on any atom is -0.496 e. The molecule has 1 unspecified atom stereocenters. The van der Waals surface area contributed by atoms with Crippen molar-refractivity contribution < 1.29 is 13.5 Å². The van der Waals surface area contributed by atoms with Crippen LogP contribution in [-0.4, -0.2) is 14.2 Å². The number of methoxy groups -OCH3 is 1. The molecule has 2 aromatic rings. The minimum absolute atomic E-state index is 0.309. The van der Waals surface area contributed by atoms with E-state index in [4.69, 9.17) is 4.74 Å². The Morgan fingerprint density at radius 2 is 1.86 bits per heavy atom. The van der Waals surface area contributed by atoms with Crippen molar-refractivity contribution >= 4 is 0 Å². The number of hydrogen-bond donors (Lipinski definition) is 1. The van der Waals surface area contributed by atoms with Crippen molar-refractivity contribution in [1.29, 1.82) is 0 Å². The number of hydrogen-bond acceptors (Lipinski definition) is 2. The number of nitrogens with one attached hydrogen (secondary N) is 1. The van der Waals surface area contributed by atoms with Crippen molar-refractivity contribution in [3.05, 3.63) is 64.7 Å². The van der Waals surface area contributed by atoms with Crippen LogP contribution < -0.4 is 10.1 Å². The lowest BCUT2D eigenvalue weighted by Crippen LogP contribution is -2.20. The molecular weight excluding hydrogens is 272 g/mol. The summed E-state index contributed by atoms with van der Waals surface area (Å²) in [6.45, 7) is 1.55. The van der Waals surface area contributed by atoms with Gasteiger partial charge in [-0.15, -0.1) is 0 Å². The monoisotopic (exact) mass is 291 g/mol. The van der Waals surface area contributed by atoms with E-state index in [1.54, 1.807) is 21.1 Å². The Kier molecular flexibility index (Phi) is 4.91. The van der Waals surface area contributed by atoms with Crippen LogP contribution in [0.25, 0.3) is 0 Å². The van der Waals surface area contributed by atoms with Gasteiger partial charge in [0.2, 0.25) is 0 Å². The van der Waals surface area contributed by atoms with Gasteiger partial charge in [-0.3, -0.25) is 0 Å². The molecule has 112 valence electrons. The normalized spacial score (nSPS) is 12.2. The number of likely N-dealkylation sites (N-methyl/N-ethyl adjacent to an activating group) is 1. The lowest BCUT2D eigenvalue weighted by Gasteiger charge is -2.19. The third-order valence-corrected chi connectivity index (χ3v) is 3.62. The van der Waals surface area contributed by atoms with Gasteiger partial charge in [-0.2, -0.15) is 0 Å². The number of benzene rings is 2. The molecule has 0 heterocycles. The van der Waals surface area contributed by atoms with Gasteiger partial charge < -0.3 is 10.1 Å². The highest BCUT2D eigenvalue weighted by Gasteiger charge is 2.18. The number of para-hydroxylation sites is 1. The Morgan fingerprint density at radius 3 is 2.52 bits per heavy atom. The van der Waals surface area contributed by atoms with Crippen LogP contribution in [0.3, 0.4) is 0 Å². The maximum absolute atomic E-state index is 14.1. The van der Waals surface area contributed by atoms with Gasteiger partial charge in [0, 0.05) is 11.6 Å². The van der Waals surface area contributed by atoms with Gasteiger partial charge in [0.15, 0.2) is 0 Å². The van der Waals surface area contributed by atoms with Gasteiger partial charge in [0.25, 0.3) is 0 Å². The fourth-order valence-corrected chi connectivity index (χ4v) is 2.39. The van der Waals surface area contributed by atoms with E-state index in [9.17, 15) is 8.78 Å². The summed E-state index contributed by atoms with van der Waals surface area (Å²) in [5.41, 5.74) is 1.58. The van der Waals surface area contributed by atoms with Crippen LogP contribution in [0.1, 0.15) is 22.7 Å². The molecule has 1 atom stereocenters. The molecule has 1 N–H and O–H groups in total. The predicted molar refractivity (Wildman–Crippen MR) is 79.6 cm³/mol. The van der Waals surface area contributed by atoms with Crippen LogP contribution in [0.2, 0.25) is 0 Å². The Bertz CT molecular complexity index is 628. The molecule has 0 aromatic heterocycles. The van der Waals surface area contributed by atoms with Crippen molar-refractivity contribution in [2.75, 3.05) is 14.2 Å². The fraction of sp³-hybridized carbons (Fsp3) is 0.294. The van der Waals surface area contributed by atoms with Gasteiger partial charge in [-0.1, -0.05) is 18.2 Å². The lowest BCUT2D eigenvalue weighted by atomic mass is 9.97. The van der Waals surface area contributed by atoms with Gasteiger partial charge in [0.1, 0.15) is 17.4 Å². The summed E-state index contributed by atoms with van der Waals surface area (Å²) in [6, 6.07) is 9.73. The van der Waals surface area contributed by atoms with E-state index in [1.165, 1.54) is 12.1 Å². The van der Waals surface area contributed by atoms with Gasteiger partial charge in [-0.05, 0) is 49.7 Å². The number of rotatable bonds is 5. The second kappa shape index (κ2) is 6.68. The summed E-state index contributed by atoms with van der Waals surface area (Å²) in [5, 5.41) is 3.04. The molecule has 0 aliphatic carbocycles. The summed E-state index contributed by atoms with van der Waals surface area (Å²) >= 11 is 0. The standard InChI is InChI=1S/C17H19F2NO/c1-11-8-15(19)13(10-14(11)18)16(20-2)9-12-6-4-5-7-17(12)21-3/h4-8,10,16,20H,9H2,1-3H3. The molecule has 0 saturated heterocycles. The maximum Gasteiger partial charge on any atom is 0.128 e. The molecule has 2 nitrogen and oxygen atoms in total. The van der Waals surface area contributed by atoms with E-state index >= 15 is 0 Å². The summed E-state index contributed by atoms with van der Waals surface area (Å²) < 4.78 is 33.1. The molecule has 0 fully saturated rings. The van der Waals surface area contributed by atoms with Crippen molar-refractivity contribution in [1.82, 2.24) is 5.32 Å². The summed E-state index contributed by atoms with van der Waals surface area (Å²) in [7, 11) is 3.33. The summed E-state index contributed by atoms with van der Waals surface area (Å²) in [4.78, 5) is 0. The molecular formula is C17H19F2NO. The molecule has 0 saturated carbocycles. The predicted octanol–water partition coefficient (Wildman–Crippen LogP) is 3.79. The first-order valence-electron chi connectivity index (χ1n) is 6.81. The molecule has 2 aromatic carbocycles. The van der Waals surface area contributed by atoms with Crippen molar-refractivity contribution in [3.8, 4) is 5.75 Å². The molecule has 0 amide bonds. The average Bonchev–Trinajstić information content (AvgIpc) is 2.49. The highest BCUT2D eigenvalue weighted by atomic mass is 19.1. The zero-order chi connectivity index (χ0) is 15.4. The van der Waals surface area contributed by atoms with Crippen LogP contribution in [0.15, 0.2) is 36.4 Å². The molecule has 0 aliphatic heterocycles. The lowest BCUT2D eigenvalue weighted by molar-refractivity contribution is 0.405.